The molecule has 0 aliphatic rings. The Morgan fingerprint density at radius 1 is 1.06 bits per heavy atom. The molecule has 1 aromatic carbocycles. The molecule has 0 atom stereocenters. The molecule has 31 heavy (non-hydrogen) atoms. The largest absolute Gasteiger partial charge is 0.354 e. The minimum atomic E-state index is -0.480. The van der Waals surface area contributed by atoms with Gasteiger partial charge in [0.1, 0.15) is 12.1 Å². The van der Waals surface area contributed by atoms with Crippen molar-refractivity contribution in [2.24, 2.45) is 0 Å². The maximum absolute atomic E-state index is 12.1. The van der Waals surface area contributed by atoms with Crippen LogP contribution in [-0.4, -0.2) is 24.9 Å². The number of hydrogen-bond donors (Lipinski definition) is 1. The second-order valence-electron chi connectivity index (χ2n) is 6.70. The first-order valence-electron chi connectivity index (χ1n) is 9.46. The minimum Gasteiger partial charge on any atom is -0.310 e. The number of nitrogens with one attached hydrogen (secondary N) is 1. The molecule has 0 aliphatic carbocycles. The van der Waals surface area contributed by atoms with Gasteiger partial charge in [-0.3, -0.25) is 10.1 Å². The number of aromatic nitrogens is 4. The summed E-state index contributed by atoms with van der Waals surface area (Å²) in [7, 11) is 0. The van der Waals surface area contributed by atoms with Crippen LogP contribution < -0.4 is 10.2 Å². The van der Waals surface area contributed by atoms with Gasteiger partial charge in [-0.1, -0.05) is 36.4 Å². The van der Waals surface area contributed by atoms with Crippen molar-refractivity contribution in [1.82, 2.24) is 19.9 Å². The van der Waals surface area contributed by atoms with Gasteiger partial charge in [0, 0.05) is 11.1 Å². The highest BCUT2D eigenvalue weighted by Gasteiger charge is 2.29. The molecule has 156 valence electrons. The number of anilines is 4. The molecule has 0 unspecified atom stereocenters. The first-order valence-corrected chi connectivity index (χ1v) is 10.3. The van der Waals surface area contributed by atoms with E-state index in [1.54, 1.807) is 23.2 Å². The van der Waals surface area contributed by atoms with Crippen LogP contribution in [0.5, 0.6) is 0 Å². The number of benzene rings is 1. The number of rotatable bonds is 7. The first kappa shape index (κ1) is 20.4. The summed E-state index contributed by atoms with van der Waals surface area (Å²) in [5, 5.41) is 15.6. The average molecular weight is 433 g/mol. The van der Waals surface area contributed by atoms with E-state index in [0.717, 1.165) is 16.1 Å². The molecule has 3 aromatic heterocycles. The Hall–Kier alpha value is -3.92. The van der Waals surface area contributed by atoms with E-state index in [1.165, 1.54) is 17.7 Å². The molecule has 3 heterocycles. The third-order valence-corrected chi connectivity index (χ3v) is 5.59. The Labute approximate surface area is 182 Å². The second-order valence-corrected chi connectivity index (χ2v) is 7.90. The molecular weight excluding hydrogens is 414 g/mol. The summed E-state index contributed by atoms with van der Waals surface area (Å²) in [5.41, 5.74) is 1.58. The Morgan fingerprint density at radius 3 is 2.48 bits per heavy atom. The normalized spacial score (nSPS) is 10.6. The predicted molar refractivity (Wildman–Crippen MR) is 120 cm³/mol. The molecule has 0 aliphatic heterocycles. The second kappa shape index (κ2) is 8.84. The monoisotopic (exact) mass is 433 g/mol. The third-order valence-electron chi connectivity index (χ3n) is 4.60. The van der Waals surface area contributed by atoms with Crippen molar-refractivity contribution in [3.8, 4) is 0 Å². The van der Waals surface area contributed by atoms with Crippen LogP contribution in [0, 0.1) is 24.0 Å². The van der Waals surface area contributed by atoms with Gasteiger partial charge in [0.05, 0.1) is 17.2 Å². The Bertz CT molecular complexity index is 1180. The highest BCUT2D eigenvalue weighted by Crippen LogP contribution is 2.38. The summed E-state index contributed by atoms with van der Waals surface area (Å²) in [6.07, 6.45) is 2.94. The van der Waals surface area contributed by atoms with Gasteiger partial charge in [-0.25, -0.2) is 19.9 Å². The molecule has 0 radical (unpaired) electrons. The SMILES string of the molecule is Cc1nc(Nc2ncnc(N(Cc3ccccc3)c3ccccn3)c2[N+](=O)[O-])sc1C. The van der Waals surface area contributed by atoms with Crippen molar-refractivity contribution in [3.05, 3.63) is 87.3 Å². The van der Waals surface area contributed by atoms with Crippen molar-refractivity contribution in [3.63, 3.8) is 0 Å². The molecule has 0 saturated carbocycles. The van der Waals surface area contributed by atoms with E-state index in [2.05, 4.69) is 25.3 Å². The van der Waals surface area contributed by atoms with Crippen LogP contribution in [0.3, 0.4) is 0 Å². The summed E-state index contributed by atoms with van der Waals surface area (Å²) < 4.78 is 0. The van der Waals surface area contributed by atoms with Gasteiger partial charge in [-0.2, -0.15) is 0 Å². The van der Waals surface area contributed by atoms with Crippen molar-refractivity contribution >= 4 is 39.6 Å². The summed E-state index contributed by atoms with van der Waals surface area (Å²) in [6, 6.07) is 15.1. The van der Waals surface area contributed by atoms with Crippen LogP contribution in [0.4, 0.5) is 28.3 Å². The maximum Gasteiger partial charge on any atom is 0.354 e. The highest BCUT2D eigenvalue weighted by atomic mass is 32.1. The van der Waals surface area contributed by atoms with E-state index in [4.69, 9.17) is 0 Å². The van der Waals surface area contributed by atoms with Crippen LogP contribution in [0.15, 0.2) is 61.1 Å². The summed E-state index contributed by atoms with van der Waals surface area (Å²) >= 11 is 1.41. The number of hydrogen-bond acceptors (Lipinski definition) is 9. The van der Waals surface area contributed by atoms with Gasteiger partial charge in [0.25, 0.3) is 0 Å². The molecule has 0 bridgehead atoms. The zero-order valence-corrected chi connectivity index (χ0v) is 17.7. The number of aryl methyl sites for hydroxylation is 2. The first-order chi connectivity index (χ1) is 15.0. The molecule has 0 fully saturated rings. The molecule has 9 nitrogen and oxygen atoms in total. The van der Waals surface area contributed by atoms with E-state index in [1.807, 2.05) is 50.2 Å². The summed E-state index contributed by atoms with van der Waals surface area (Å²) in [6.45, 7) is 4.19. The van der Waals surface area contributed by atoms with Crippen LogP contribution in [-0.2, 0) is 6.54 Å². The molecule has 4 aromatic rings. The Kier molecular flexibility index (Phi) is 5.80. The van der Waals surface area contributed by atoms with E-state index in [9.17, 15) is 10.1 Å². The third kappa shape index (κ3) is 4.48. The molecular formula is C21H19N7O2S. The van der Waals surface area contributed by atoms with Crippen LogP contribution in [0.25, 0.3) is 0 Å². The van der Waals surface area contributed by atoms with Gasteiger partial charge >= 0.3 is 5.69 Å². The lowest BCUT2D eigenvalue weighted by Gasteiger charge is -2.23. The van der Waals surface area contributed by atoms with Crippen LogP contribution in [0.1, 0.15) is 16.1 Å². The molecule has 4 rings (SSSR count). The Balaban J connectivity index is 1.81. The standard InChI is InChI=1S/C21H19N7O2S/c1-14-15(2)31-21(25-14)26-19-18(28(29)30)20(24-13-23-19)27(17-10-6-7-11-22-17)12-16-8-4-3-5-9-16/h3-11,13H,12H2,1-2H3,(H,23,24,25,26). The highest BCUT2D eigenvalue weighted by molar-refractivity contribution is 7.15. The molecule has 0 saturated heterocycles. The fraction of sp³-hybridized carbons (Fsp3) is 0.143. The predicted octanol–water partition coefficient (Wildman–Crippen LogP) is 4.94. The van der Waals surface area contributed by atoms with Crippen LogP contribution in [0.2, 0.25) is 0 Å². The van der Waals surface area contributed by atoms with Gasteiger partial charge in [0.15, 0.2) is 5.13 Å². The summed E-state index contributed by atoms with van der Waals surface area (Å²) in [5.74, 6) is 0.771. The van der Waals surface area contributed by atoms with E-state index >= 15 is 0 Å². The average Bonchev–Trinajstić information content (AvgIpc) is 3.09. The lowest BCUT2D eigenvalue weighted by molar-refractivity contribution is -0.383. The fourth-order valence-electron chi connectivity index (χ4n) is 3.00. The Morgan fingerprint density at radius 2 is 1.84 bits per heavy atom. The van der Waals surface area contributed by atoms with Gasteiger partial charge in [-0.15, -0.1) is 11.3 Å². The van der Waals surface area contributed by atoms with E-state index < -0.39 is 4.92 Å². The van der Waals surface area contributed by atoms with Crippen molar-refractivity contribution in [1.29, 1.82) is 0 Å². The lowest BCUT2D eigenvalue weighted by Crippen LogP contribution is -2.21. The maximum atomic E-state index is 12.1. The van der Waals surface area contributed by atoms with E-state index in [-0.39, 0.29) is 17.3 Å². The van der Waals surface area contributed by atoms with Gasteiger partial charge in [-0.05, 0) is 31.5 Å². The summed E-state index contributed by atoms with van der Waals surface area (Å²) in [4.78, 5) is 31.6. The zero-order valence-electron chi connectivity index (χ0n) is 16.9. The number of nitro groups is 1. The van der Waals surface area contributed by atoms with Crippen molar-refractivity contribution < 1.29 is 4.92 Å². The number of nitrogens with zero attached hydrogens (tertiary/aromatic N) is 6. The van der Waals surface area contributed by atoms with Crippen LogP contribution >= 0.6 is 11.3 Å². The van der Waals surface area contributed by atoms with Gasteiger partial charge < -0.3 is 10.2 Å². The molecule has 10 heteroatoms. The lowest BCUT2D eigenvalue weighted by atomic mass is 10.2. The number of thiazole rings is 1. The number of pyridine rings is 1. The van der Waals surface area contributed by atoms with Crippen molar-refractivity contribution in [2.45, 2.75) is 20.4 Å². The smallest absolute Gasteiger partial charge is 0.310 e. The molecule has 0 amide bonds. The topological polar surface area (TPSA) is 110 Å². The zero-order chi connectivity index (χ0) is 21.8. The molecule has 0 spiro atoms. The van der Waals surface area contributed by atoms with Crippen molar-refractivity contribution in [2.75, 3.05) is 10.2 Å². The van der Waals surface area contributed by atoms with Gasteiger partial charge in [0.2, 0.25) is 11.6 Å². The minimum absolute atomic E-state index is 0.0812. The fourth-order valence-corrected chi connectivity index (χ4v) is 3.81. The quantitative estimate of drug-likeness (QED) is 0.322. The molecule has 1 N–H and O–H groups in total. The van der Waals surface area contributed by atoms with E-state index in [0.29, 0.717) is 17.5 Å².